The maximum absolute atomic E-state index is 13.3. The minimum absolute atomic E-state index is 0.102. The van der Waals surface area contributed by atoms with Crippen molar-refractivity contribution >= 4 is 5.97 Å². The zero-order valence-corrected chi connectivity index (χ0v) is 8.13. The number of aromatic nitrogens is 1. The molecule has 0 aliphatic carbocycles. The number of halogens is 1. The van der Waals surface area contributed by atoms with E-state index in [9.17, 15) is 9.18 Å². The minimum atomic E-state index is -0.744. The van der Waals surface area contributed by atoms with Gasteiger partial charge in [0.15, 0.2) is 5.82 Å². The molecule has 14 heavy (non-hydrogen) atoms. The minimum Gasteiger partial charge on any atom is -0.481 e. The molecule has 0 bridgehead atoms. The second-order valence-corrected chi connectivity index (χ2v) is 2.60. The van der Waals surface area contributed by atoms with Gasteiger partial charge in [0.2, 0.25) is 5.88 Å². The molecule has 1 rings (SSSR count). The van der Waals surface area contributed by atoms with Gasteiger partial charge in [-0.25, -0.2) is 14.2 Å². The monoisotopic (exact) mass is 199 g/mol. The van der Waals surface area contributed by atoms with Crippen molar-refractivity contribution < 1.29 is 18.7 Å². The summed E-state index contributed by atoms with van der Waals surface area (Å²) in [7, 11) is 2.57. The van der Waals surface area contributed by atoms with Crippen molar-refractivity contribution in [3.05, 3.63) is 23.1 Å². The number of hydrogen-bond acceptors (Lipinski definition) is 4. The molecule has 0 aromatic carbocycles. The number of methoxy groups -OCH3 is 2. The lowest BCUT2D eigenvalue weighted by atomic mass is 10.2. The smallest absolute Gasteiger partial charge is 0.341 e. The van der Waals surface area contributed by atoms with Crippen LogP contribution in [0.15, 0.2) is 6.07 Å². The van der Waals surface area contributed by atoms with E-state index in [-0.39, 0.29) is 17.1 Å². The topological polar surface area (TPSA) is 48.4 Å². The lowest BCUT2D eigenvalue weighted by Gasteiger charge is -2.05. The molecule has 1 aromatic heterocycles. The van der Waals surface area contributed by atoms with Gasteiger partial charge < -0.3 is 9.47 Å². The molecule has 4 nitrogen and oxygen atoms in total. The number of carbonyl (C=O) groups excluding carboxylic acids is 1. The van der Waals surface area contributed by atoms with Gasteiger partial charge >= 0.3 is 5.97 Å². The first kappa shape index (κ1) is 10.4. The van der Waals surface area contributed by atoms with E-state index >= 15 is 0 Å². The quantitative estimate of drug-likeness (QED) is 0.674. The SMILES string of the molecule is COC(=O)c1cc(OC)nc(C)c1F. The summed E-state index contributed by atoms with van der Waals surface area (Å²) in [6.07, 6.45) is 0. The fourth-order valence-electron chi connectivity index (χ4n) is 0.991. The van der Waals surface area contributed by atoms with Crippen molar-refractivity contribution in [1.29, 1.82) is 0 Å². The Kier molecular flexibility index (Phi) is 3.01. The molecule has 0 saturated heterocycles. The van der Waals surface area contributed by atoms with Crippen LogP contribution in [0.5, 0.6) is 5.88 Å². The fraction of sp³-hybridized carbons (Fsp3) is 0.333. The van der Waals surface area contributed by atoms with Crippen LogP contribution in [-0.4, -0.2) is 25.2 Å². The highest BCUT2D eigenvalue weighted by atomic mass is 19.1. The van der Waals surface area contributed by atoms with Crippen molar-refractivity contribution in [1.82, 2.24) is 4.98 Å². The van der Waals surface area contributed by atoms with Gasteiger partial charge in [-0.2, -0.15) is 0 Å². The molecule has 5 heteroatoms. The van der Waals surface area contributed by atoms with Crippen molar-refractivity contribution in [3.8, 4) is 5.88 Å². The molecular weight excluding hydrogens is 189 g/mol. The Morgan fingerprint density at radius 3 is 2.64 bits per heavy atom. The van der Waals surface area contributed by atoms with Gasteiger partial charge in [-0.3, -0.25) is 0 Å². The van der Waals surface area contributed by atoms with E-state index in [0.29, 0.717) is 0 Å². The third-order valence-corrected chi connectivity index (χ3v) is 1.71. The summed E-state index contributed by atoms with van der Waals surface area (Å²) in [4.78, 5) is 14.9. The van der Waals surface area contributed by atoms with E-state index in [1.807, 2.05) is 0 Å². The van der Waals surface area contributed by atoms with Crippen LogP contribution >= 0.6 is 0 Å². The van der Waals surface area contributed by atoms with Gasteiger partial charge in [0.1, 0.15) is 5.56 Å². The van der Waals surface area contributed by atoms with Gasteiger partial charge in [0.25, 0.3) is 0 Å². The standard InChI is InChI=1S/C9H10FNO3/c1-5-8(10)6(9(12)14-3)4-7(11-5)13-2/h4H,1-3H3. The van der Waals surface area contributed by atoms with Crippen LogP contribution in [0.25, 0.3) is 0 Å². The maximum Gasteiger partial charge on any atom is 0.341 e. The van der Waals surface area contributed by atoms with Crippen LogP contribution in [0, 0.1) is 12.7 Å². The van der Waals surface area contributed by atoms with Crippen molar-refractivity contribution in [2.24, 2.45) is 0 Å². The molecule has 0 spiro atoms. The van der Waals surface area contributed by atoms with Crippen LogP contribution in [0.4, 0.5) is 4.39 Å². The first-order chi connectivity index (χ1) is 6.60. The zero-order valence-electron chi connectivity index (χ0n) is 8.13. The number of nitrogens with zero attached hydrogens (tertiary/aromatic N) is 1. The molecule has 1 heterocycles. The average molecular weight is 199 g/mol. The summed E-state index contributed by atoms with van der Waals surface area (Å²) in [5.41, 5.74) is -0.0680. The number of ether oxygens (including phenoxy) is 2. The van der Waals surface area contributed by atoms with Gasteiger partial charge in [-0.05, 0) is 6.92 Å². The Morgan fingerprint density at radius 1 is 1.50 bits per heavy atom. The molecule has 0 aliphatic heterocycles. The summed E-state index contributed by atoms with van der Waals surface area (Å²) in [6.45, 7) is 1.45. The maximum atomic E-state index is 13.3. The Morgan fingerprint density at radius 2 is 2.14 bits per heavy atom. The second-order valence-electron chi connectivity index (χ2n) is 2.60. The summed E-state index contributed by atoms with van der Waals surface area (Å²) in [6, 6.07) is 1.20. The number of pyridine rings is 1. The summed E-state index contributed by atoms with van der Waals surface area (Å²) < 4.78 is 22.5. The van der Waals surface area contributed by atoms with Crippen LogP contribution in [0.2, 0.25) is 0 Å². The molecule has 0 fully saturated rings. The first-order valence-electron chi connectivity index (χ1n) is 3.89. The van der Waals surface area contributed by atoms with Crippen molar-refractivity contribution in [3.63, 3.8) is 0 Å². The van der Waals surface area contributed by atoms with Gasteiger partial charge in [-0.1, -0.05) is 0 Å². The summed E-state index contributed by atoms with van der Waals surface area (Å²) >= 11 is 0. The molecule has 0 atom stereocenters. The molecule has 0 radical (unpaired) electrons. The summed E-state index contributed by atoms with van der Waals surface area (Å²) in [5.74, 6) is -1.24. The average Bonchev–Trinajstić information content (AvgIpc) is 2.20. The molecule has 0 N–H and O–H groups in total. The Hall–Kier alpha value is -1.65. The van der Waals surface area contributed by atoms with Crippen LogP contribution in [-0.2, 0) is 4.74 Å². The first-order valence-corrected chi connectivity index (χ1v) is 3.89. The van der Waals surface area contributed by atoms with Gasteiger partial charge in [0, 0.05) is 6.07 Å². The van der Waals surface area contributed by atoms with Gasteiger partial charge in [-0.15, -0.1) is 0 Å². The van der Waals surface area contributed by atoms with E-state index in [0.717, 1.165) is 0 Å². The Labute approximate surface area is 80.7 Å². The van der Waals surface area contributed by atoms with E-state index in [1.54, 1.807) is 0 Å². The zero-order chi connectivity index (χ0) is 10.7. The molecular formula is C9H10FNO3. The predicted octanol–water partition coefficient (Wildman–Crippen LogP) is 1.32. The third kappa shape index (κ3) is 1.81. The van der Waals surface area contributed by atoms with Crippen molar-refractivity contribution in [2.75, 3.05) is 14.2 Å². The molecule has 0 amide bonds. The number of carbonyl (C=O) groups is 1. The molecule has 0 unspecified atom stereocenters. The lowest BCUT2D eigenvalue weighted by Crippen LogP contribution is -2.07. The highest BCUT2D eigenvalue weighted by Crippen LogP contribution is 2.17. The van der Waals surface area contributed by atoms with Gasteiger partial charge in [0.05, 0.1) is 19.9 Å². The predicted molar refractivity (Wildman–Crippen MR) is 46.8 cm³/mol. The third-order valence-electron chi connectivity index (χ3n) is 1.71. The highest BCUT2D eigenvalue weighted by molar-refractivity contribution is 5.90. The normalized spacial score (nSPS) is 9.71. The van der Waals surface area contributed by atoms with E-state index in [2.05, 4.69) is 9.72 Å². The van der Waals surface area contributed by atoms with Crippen LogP contribution in [0.3, 0.4) is 0 Å². The molecule has 0 aliphatic rings. The number of hydrogen-bond donors (Lipinski definition) is 0. The van der Waals surface area contributed by atoms with E-state index < -0.39 is 11.8 Å². The summed E-state index contributed by atoms with van der Waals surface area (Å²) in [5, 5.41) is 0. The van der Waals surface area contributed by atoms with Crippen LogP contribution < -0.4 is 4.74 Å². The fourth-order valence-corrected chi connectivity index (χ4v) is 0.991. The highest BCUT2D eigenvalue weighted by Gasteiger charge is 2.16. The van der Waals surface area contributed by atoms with E-state index in [4.69, 9.17) is 4.74 Å². The molecule has 1 aromatic rings. The number of aryl methyl sites for hydroxylation is 1. The number of esters is 1. The lowest BCUT2D eigenvalue weighted by molar-refractivity contribution is 0.0594. The van der Waals surface area contributed by atoms with Crippen molar-refractivity contribution in [2.45, 2.75) is 6.92 Å². The Balaban J connectivity index is 3.27. The van der Waals surface area contributed by atoms with E-state index in [1.165, 1.54) is 27.2 Å². The number of rotatable bonds is 2. The van der Waals surface area contributed by atoms with Crippen LogP contribution in [0.1, 0.15) is 16.1 Å². The largest absolute Gasteiger partial charge is 0.481 e. The Bertz CT molecular complexity index is 365. The molecule has 0 saturated carbocycles. The second kappa shape index (κ2) is 4.04. The molecule has 76 valence electrons.